The molecular weight excluding hydrogens is 461 g/mol. The van der Waals surface area contributed by atoms with Gasteiger partial charge in [-0.1, -0.05) is 29.3 Å². The van der Waals surface area contributed by atoms with Crippen LogP contribution in [0, 0.1) is 0 Å². The van der Waals surface area contributed by atoms with Crippen LogP contribution in [0.3, 0.4) is 0 Å². The Labute approximate surface area is 176 Å². The van der Waals surface area contributed by atoms with E-state index in [1.54, 1.807) is 6.07 Å². The molecule has 2 N–H and O–H groups in total. The van der Waals surface area contributed by atoms with Crippen LogP contribution >= 0.6 is 23.2 Å². The van der Waals surface area contributed by atoms with E-state index < -0.39 is 47.4 Å². The summed E-state index contributed by atoms with van der Waals surface area (Å²) < 4.78 is 77.1. The highest BCUT2D eigenvalue weighted by Crippen LogP contribution is 2.41. The van der Waals surface area contributed by atoms with Crippen molar-refractivity contribution in [3.8, 4) is 0 Å². The quantitative estimate of drug-likeness (QED) is 0.434. The number of hydrogen-bond acceptors (Lipinski definition) is 2. The van der Waals surface area contributed by atoms with E-state index in [1.807, 2.05) is 5.32 Å². The molecule has 0 aromatic heterocycles. The highest BCUT2D eigenvalue weighted by molar-refractivity contribution is 6.35. The van der Waals surface area contributed by atoms with Crippen molar-refractivity contribution in [2.24, 2.45) is 0 Å². The lowest BCUT2D eigenvalue weighted by Crippen LogP contribution is -2.28. The highest BCUT2D eigenvalue weighted by Gasteiger charge is 2.43. The molecule has 2 rings (SSSR count). The molecule has 0 atom stereocenters. The van der Waals surface area contributed by atoms with Crippen LogP contribution in [0.2, 0.25) is 10.0 Å². The molecule has 0 radical (unpaired) electrons. The summed E-state index contributed by atoms with van der Waals surface area (Å²) in [6.07, 6.45) is -11.3. The summed E-state index contributed by atoms with van der Waals surface area (Å²) in [5.41, 5.74) is -3.86. The van der Waals surface area contributed by atoms with Crippen LogP contribution in [-0.4, -0.2) is 11.8 Å². The Balaban J connectivity index is 2.02. The van der Waals surface area contributed by atoms with Crippen molar-refractivity contribution >= 4 is 40.7 Å². The molecule has 0 spiro atoms. The van der Waals surface area contributed by atoms with Crippen LogP contribution < -0.4 is 10.6 Å². The maximum Gasteiger partial charge on any atom is 0.417 e. The van der Waals surface area contributed by atoms with Crippen LogP contribution in [0.15, 0.2) is 36.4 Å². The molecule has 2 aromatic rings. The molecule has 0 aliphatic heterocycles. The lowest BCUT2D eigenvalue weighted by Gasteiger charge is -2.17. The van der Waals surface area contributed by atoms with E-state index in [4.69, 9.17) is 23.2 Å². The fraction of sp³-hybridized carbons (Fsp3) is 0.222. The van der Waals surface area contributed by atoms with E-state index >= 15 is 0 Å². The third-order valence-electron chi connectivity index (χ3n) is 3.73. The van der Waals surface area contributed by atoms with Gasteiger partial charge in [-0.3, -0.25) is 9.59 Å². The second-order valence-electron chi connectivity index (χ2n) is 5.99. The first-order chi connectivity index (χ1) is 13.8. The minimum absolute atomic E-state index is 0.0411. The zero-order valence-corrected chi connectivity index (χ0v) is 16.2. The van der Waals surface area contributed by atoms with E-state index in [1.165, 1.54) is 12.1 Å². The largest absolute Gasteiger partial charge is 0.417 e. The number of carbonyl (C=O) groups excluding carboxylic acids is 2. The maximum atomic E-state index is 12.9. The number of halogens is 8. The van der Waals surface area contributed by atoms with Crippen LogP contribution in [0.1, 0.15) is 23.1 Å². The van der Waals surface area contributed by atoms with Gasteiger partial charge in [-0.25, -0.2) is 0 Å². The molecule has 0 heterocycles. The summed E-state index contributed by atoms with van der Waals surface area (Å²) in [6.45, 7) is -0.0411. The van der Waals surface area contributed by atoms with Crippen molar-refractivity contribution in [1.82, 2.24) is 5.32 Å². The smallest absolute Gasteiger partial charge is 0.352 e. The van der Waals surface area contributed by atoms with Gasteiger partial charge in [0, 0.05) is 22.3 Å². The molecular formula is C18H12Cl2F6N2O2. The normalized spacial score (nSPS) is 11.9. The molecule has 0 bridgehead atoms. The van der Waals surface area contributed by atoms with E-state index in [9.17, 15) is 35.9 Å². The number of benzene rings is 2. The molecule has 0 aliphatic rings. The fourth-order valence-electron chi connectivity index (χ4n) is 2.38. The number of alkyl halides is 6. The van der Waals surface area contributed by atoms with Crippen LogP contribution in [0.4, 0.5) is 32.0 Å². The molecule has 30 heavy (non-hydrogen) atoms. The molecule has 2 aromatic carbocycles. The summed E-state index contributed by atoms with van der Waals surface area (Å²) in [5.74, 6) is -1.79. The molecule has 0 saturated heterocycles. The maximum absolute atomic E-state index is 12.9. The molecule has 162 valence electrons. The number of amides is 2. The molecule has 0 aliphatic carbocycles. The topological polar surface area (TPSA) is 58.2 Å². The Morgan fingerprint density at radius 1 is 0.833 bits per heavy atom. The van der Waals surface area contributed by atoms with Gasteiger partial charge in [-0.15, -0.1) is 0 Å². The molecule has 4 nitrogen and oxygen atoms in total. The Hall–Kier alpha value is -2.46. The van der Waals surface area contributed by atoms with Gasteiger partial charge in [0.05, 0.1) is 11.1 Å². The summed E-state index contributed by atoms with van der Waals surface area (Å²) >= 11 is 11.7. The number of rotatable bonds is 5. The van der Waals surface area contributed by atoms with Crippen molar-refractivity contribution in [3.63, 3.8) is 0 Å². The third-order valence-corrected chi connectivity index (χ3v) is 4.31. The molecule has 0 saturated carbocycles. The SMILES string of the molecule is O=C(CC(=O)Nc1ccc(C(F)(F)F)c(C(F)(F)F)c1)NCc1ccc(Cl)cc1Cl. The van der Waals surface area contributed by atoms with Gasteiger partial charge in [-0.2, -0.15) is 26.3 Å². The first-order valence-corrected chi connectivity index (χ1v) is 8.82. The summed E-state index contributed by atoms with van der Waals surface area (Å²) in [6, 6.07) is 5.56. The predicted octanol–water partition coefficient (Wildman–Crippen LogP) is 5.68. The van der Waals surface area contributed by atoms with Gasteiger partial charge in [0.25, 0.3) is 0 Å². The van der Waals surface area contributed by atoms with Gasteiger partial charge >= 0.3 is 12.4 Å². The van der Waals surface area contributed by atoms with E-state index in [-0.39, 0.29) is 23.7 Å². The van der Waals surface area contributed by atoms with Gasteiger partial charge < -0.3 is 10.6 Å². The lowest BCUT2D eigenvalue weighted by molar-refractivity contribution is -0.162. The standard InChI is InChI=1S/C18H12Cl2F6N2O2/c19-10-2-1-9(14(20)5-10)8-27-15(29)7-16(30)28-11-3-4-12(17(21,22)23)13(6-11)18(24,25)26/h1-6H,7-8H2,(H,27,29)(H,28,30). The van der Waals surface area contributed by atoms with Gasteiger partial charge in [0.15, 0.2) is 0 Å². The van der Waals surface area contributed by atoms with Crippen LogP contribution in [0.25, 0.3) is 0 Å². The zero-order chi connectivity index (χ0) is 22.7. The first kappa shape index (κ1) is 23.8. The Bertz CT molecular complexity index is 961. The Morgan fingerprint density at radius 2 is 1.47 bits per heavy atom. The van der Waals surface area contributed by atoms with E-state index in [0.29, 0.717) is 16.7 Å². The van der Waals surface area contributed by atoms with Crippen molar-refractivity contribution in [3.05, 3.63) is 63.1 Å². The molecule has 2 amide bonds. The van der Waals surface area contributed by atoms with Crippen LogP contribution in [0.5, 0.6) is 0 Å². The summed E-state index contributed by atoms with van der Waals surface area (Å²) in [7, 11) is 0. The van der Waals surface area contributed by atoms with Gasteiger partial charge in [0.1, 0.15) is 6.42 Å². The number of carbonyl (C=O) groups is 2. The minimum atomic E-state index is -5.29. The number of anilines is 1. The average Bonchev–Trinajstić information content (AvgIpc) is 2.59. The molecule has 0 unspecified atom stereocenters. The summed E-state index contributed by atoms with van der Waals surface area (Å²) in [5, 5.41) is 5.01. The first-order valence-electron chi connectivity index (χ1n) is 8.06. The molecule has 12 heteroatoms. The van der Waals surface area contributed by atoms with Crippen molar-refractivity contribution in [1.29, 1.82) is 0 Å². The minimum Gasteiger partial charge on any atom is -0.352 e. The Kier molecular flexibility index (Phi) is 7.25. The molecule has 0 fully saturated rings. The van der Waals surface area contributed by atoms with Crippen molar-refractivity contribution in [2.75, 3.05) is 5.32 Å². The summed E-state index contributed by atoms with van der Waals surface area (Å²) in [4.78, 5) is 23.7. The number of nitrogens with one attached hydrogen (secondary N) is 2. The third kappa shape index (κ3) is 6.53. The van der Waals surface area contributed by atoms with Crippen molar-refractivity contribution in [2.45, 2.75) is 25.3 Å². The predicted molar refractivity (Wildman–Crippen MR) is 98.0 cm³/mol. The highest BCUT2D eigenvalue weighted by atomic mass is 35.5. The zero-order valence-electron chi connectivity index (χ0n) is 14.7. The second kappa shape index (κ2) is 9.13. The second-order valence-corrected chi connectivity index (χ2v) is 6.84. The number of hydrogen-bond donors (Lipinski definition) is 2. The fourth-order valence-corrected chi connectivity index (χ4v) is 2.85. The van der Waals surface area contributed by atoms with E-state index in [0.717, 1.165) is 0 Å². The average molecular weight is 473 g/mol. The Morgan fingerprint density at radius 3 is 2.03 bits per heavy atom. The van der Waals surface area contributed by atoms with Crippen LogP contribution in [-0.2, 0) is 28.5 Å². The van der Waals surface area contributed by atoms with Crippen molar-refractivity contribution < 1.29 is 35.9 Å². The monoisotopic (exact) mass is 472 g/mol. The lowest BCUT2D eigenvalue weighted by atomic mass is 10.1. The van der Waals surface area contributed by atoms with E-state index in [2.05, 4.69) is 5.32 Å². The van der Waals surface area contributed by atoms with Gasteiger partial charge in [-0.05, 0) is 35.9 Å². The van der Waals surface area contributed by atoms with Gasteiger partial charge in [0.2, 0.25) is 11.8 Å².